The van der Waals surface area contributed by atoms with Crippen LogP contribution in [0, 0.1) is 5.41 Å². The van der Waals surface area contributed by atoms with E-state index in [2.05, 4.69) is 15.5 Å². The zero-order valence-electron chi connectivity index (χ0n) is 8.91. The van der Waals surface area contributed by atoms with Crippen LogP contribution in [0.2, 0.25) is 0 Å². The molecule has 0 aliphatic heterocycles. The smallest absolute Gasteiger partial charge is 0.205 e. The maximum Gasteiger partial charge on any atom is 0.205 e. The van der Waals surface area contributed by atoms with Crippen LogP contribution in [-0.4, -0.2) is 23.3 Å². The maximum absolute atomic E-state index is 5.91. The summed E-state index contributed by atoms with van der Waals surface area (Å²) in [6.07, 6.45) is 6.48. The number of nitrogens with one attached hydrogen (secondary N) is 1. The minimum Gasteiger partial charge on any atom is -0.359 e. The molecule has 4 nitrogen and oxygen atoms in total. The summed E-state index contributed by atoms with van der Waals surface area (Å²) < 4.78 is 0. The highest BCUT2D eigenvalue weighted by atomic mass is 32.1. The first-order valence-corrected chi connectivity index (χ1v) is 6.43. The number of hydrogen-bond donors (Lipinski definition) is 2. The molecule has 0 spiro atoms. The third-order valence-corrected chi connectivity index (χ3v) is 3.97. The van der Waals surface area contributed by atoms with Crippen LogP contribution in [0.25, 0.3) is 0 Å². The van der Waals surface area contributed by atoms with Gasteiger partial charge >= 0.3 is 0 Å². The lowest BCUT2D eigenvalue weighted by molar-refractivity contribution is 0.215. The van der Waals surface area contributed by atoms with E-state index in [0.717, 1.165) is 18.2 Å². The quantitative estimate of drug-likeness (QED) is 0.822. The van der Waals surface area contributed by atoms with E-state index in [-0.39, 0.29) is 0 Å². The summed E-state index contributed by atoms with van der Waals surface area (Å²) in [6, 6.07) is 0. The van der Waals surface area contributed by atoms with Crippen molar-refractivity contribution in [3.63, 3.8) is 0 Å². The SMILES string of the molecule is NCC1(CNc2nncs2)CCCCC1. The van der Waals surface area contributed by atoms with Gasteiger partial charge in [0.2, 0.25) is 5.13 Å². The van der Waals surface area contributed by atoms with Gasteiger partial charge in [-0.1, -0.05) is 30.6 Å². The molecule has 0 saturated heterocycles. The van der Waals surface area contributed by atoms with E-state index in [1.165, 1.54) is 32.1 Å². The summed E-state index contributed by atoms with van der Waals surface area (Å²) >= 11 is 1.55. The number of nitrogens with two attached hydrogens (primary N) is 1. The zero-order chi connectivity index (χ0) is 10.6. The number of nitrogens with zero attached hydrogens (tertiary/aromatic N) is 2. The molecule has 0 radical (unpaired) electrons. The molecule has 1 aliphatic carbocycles. The van der Waals surface area contributed by atoms with Crippen LogP contribution in [-0.2, 0) is 0 Å². The van der Waals surface area contributed by atoms with Crippen molar-refractivity contribution in [2.75, 3.05) is 18.4 Å². The maximum atomic E-state index is 5.91. The molecule has 15 heavy (non-hydrogen) atoms. The highest BCUT2D eigenvalue weighted by molar-refractivity contribution is 7.13. The van der Waals surface area contributed by atoms with Crippen LogP contribution < -0.4 is 11.1 Å². The van der Waals surface area contributed by atoms with Crippen molar-refractivity contribution in [1.29, 1.82) is 0 Å². The monoisotopic (exact) mass is 226 g/mol. The Hall–Kier alpha value is -0.680. The Bertz CT molecular complexity index is 280. The Kier molecular flexibility index (Phi) is 3.53. The van der Waals surface area contributed by atoms with Gasteiger partial charge < -0.3 is 11.1 Å². The van der Waals surface area contributed by atoms with Gasteiger partial charge in [-0.05, 0) is 24.8 Å². The molecular weight excluding hydrogens is 208 g/mol. The van der Waals surface area contributed by atoms with E-state index < -0.39 is 0 Å². The van der Waals surface area contributed by atoms with Crippen molar-refractivity contribution in [2.45, 2.75) is 32.1 Å². The first kappa shape index (κ1) is 10.8. The molecule has 1 aliphatic rings. The summed E-state index contributed by atoms with van der Waals surface area (Å²) in [4.78, 5) is 0. The third kappa shape index (κ3) is 2.66. The molecule has 2 rings (SSSR count). The molecule has 1 fully saturated rings. The van der Waals surface area contributed by atoms with Gasteiger partial charge in [0.15, 0.2) is 0 Å². The van der Waals surface area contributed by atoms with Crippen LogP contribution in [0.5, 0.6) is 0 Å². The highest BCUT2D eigenvalue weighted by Crippen LogP contribution is 2.35. The molecule has 3 N–H and O–H groups in total. The Morgan fingerprint density at radius 2 is 2.20 bits per heavy atom. The zero-order valence-corrected chi connectivity index (χ0v) is 9.72. The lowest BCUT2D eigenvalue weighted by atomic mass is 9.74. The van der Waals surface area contributed by atoms with Gasteiger partial charge in [0.1, 0.15) is 5.51 Å². The molecular formula is C10H18N4S. The van der Waals surface area contributed by atoms with Crippen molar-refractivity contribution in [3.05, 3.63) is 5.51 Å². The second kappa shape index (κ2) is 4.90. The standard InChI is InChI=1S/C10H18N4S/c11-6-10(4-2-1-3-5-10)7-12-9-14-13-8-15-9/h8H,1-7,11H2,(H,12,14). The summed E-state index contributed by atoms with van der Waals surface area (Å²) in [5, 5.41) is 12.1. The lowest BCUT2D eigenvalue weighted by Gasteiger charge is -2.36. The van der Waals surface area contributed by atoms with Crippen molar-refractivity contribution < 1.29 is 0 Å². The average Bonchev–Trinajstić information content (AvgIpc) is 2.81. The summed E-state index contributed by atoms with van der Waals surface area (Å²) in [6.45, 7) is 1.72. The Balaban J connectivity index is 1.89. The van der Waals surface area contributed by atoms with Gasteiger partial charge in [0.25, 0.3) is 0 Å². The van der Waals surface area contributed by atoms with Gasteiger partial charge in [0, 0.05) is 6.54 Å². The molecule has 0 unspecified atom stereocenters. The van der Waals surface area contributed by atoms with Crippen LogP contribution in [0.1, 0.15) is 32.1 Å². The van der Waals surface area contributed by atoms with Crippen molar-refractivity contribution in [3.8, 4) is 0 Å². The Labute approximate surface area is 94.3 Å². The summed E-state index contributed by atoms with van der Waals surface area (Å²) in [5.41, 5.74) is 7.95. The fraction of sp³-hybridized carbons (Fsp3) is 0.800. The molecule has 0 atom stereocenters. The second-order valence-corrected chi connectivity index (χ2v) is 5.20. The summed E-state index contributed by atoms with van der Waals surface area (Å²) in [7, 11) is 0. The molecule has 0 aromatic carbocycles. The normalized spacial score (nSPS) is 20.1. The number of rotatable bonds is 4. The minimum absolute atomic E-state index is 0.296. The van der Waals surface area contributed by atoms with Crippen molar-refractivity contribution in [1.82, 2.24) is 10.2 Å². The summed E-state index contributed by atoms with van der Waals surface area (Å²) in [5.74, 6) is 0. The molecule has 5 heteroatoms. The Morgan fingerprint density at radius 1 is 1.40 bits per heavy atom. The number of aromatic nitrogens is 2. The number of anilines is 1. The van der Waals surface area contributed by atoms with Crippen LogP contribution >= 0.6 is 11.3 Å². The van der Waals surface area contributed by atoms with Gasteiger partial charge in [-0.15, -0.1) is 10.2 Å². The van der Waals surface area contributed by atoms with E-state index in [9.17, 15) is 0 Å². The van der Waals surface area contributed by atoms with Crippen LogP contribution in [0.4, 0.5) is 5.13 Å². The molecule has 84 valence electrons. The van der Waals surface area contributed by atoms with E-state index >= 15 is 0 Å². The molecule has 1 heterocycles. The predicted octanol–water partition coefficient (Wildman–Crippen LogP) is 1.86. The van der Waals surface area contributed by atoms with Gasteiger partial charge in [-0.2, -0.15) is 0 Å². The van der Waals surface area contributed by atoms with Gasteiger partial charge in [-0.3, -0.25) is 0 Å². The molecule has 1 saturated carbocycles. The number of hydrogen-bond acceptors (Lipinski definition) is 5. The van der Waals surface area contributed by atoms with E-state index in [0.29, 0.717) is 5.41 Å². The van der Waals surface area contributed by atoms with E-state index in [1.807, 2.05) is 0 Å². The highest BCUT2D eigenvalue weighted by Gasteiger charge is 2.30. The largest absolute Gasteiger partial charge is 0.359 e. The fourth-order valence-electron chi connectivity index (χ4n) is 2.27. The van der Waals surface area contributed by atoms with E-state index in [1.54, 1.807) is 16.8 Å². The van der Waals surface area contributed by atoms with Crippen LogP contribution in [0.3, 0.4) is 0 Å². The molecule has 1 aromatic rings. The lowest BCUT2D eigenvalue weighted by Crippen LogP contribution is -2.39. The third-order valence-electron chi connectivity index (χ3n) is 3.32. The van der Waals surface area contributed by atoms with Gasteiger partial charge in [-0.25, -0.2) is 0 Å². The fourth-order valence-corrected chi connectivity index (χ4v) is 2.71. The Morgan fingerprint density at radius 3 is 2.80 bits per heavy atom. The topological polar surface area (TPSA) is 63.8 Å². The van der Waals surface area contributed by atoms with Crippen molar-refractivity contribution in [2.24, 2.45) is 11.1 Å². The van der Waals surface area contributed by atoms with Crippen LogP contribution in [0.15, 0.2) is 5.51 Å². The average molecular weight is 226 g/mol. The van der Waals surface area contributed by atoms with E-state index in [4.69, 9.17) is 5.73 Å². The molecule has 1 aromatic heterocycles. The minimum atomic E-state index is 0.296. The predicted molar refractivity (Wildman–Crippen MR) is 63.0 cm³/mol. The first-order valence-electron chi connectivity index (χ1n) is 5.55. The molecule has 0 bridgehead atoms. The second-order valence-electron chi connectivity index (χ2n) is 4.36. The molecule has 0 amide bonds. The van der Waals surface area contributed by atoms with Gasteiger partial charge in [0.05, 0.1) is 0 Å². The van der Waals surface area contributed by atoms with Crippen molar-refractivity contribution >= 4 is 16.5 Å². The first-order chi connectivity index (χ1) is 7.35.